The Morgan fingerprint density at radius 2 is 1.81 bits per heavy atom. The zero-order valence-corrected chi connectivity index (χ0v) is 20.0. The standard InChI is InChI=1S/C23H22BClF3N5O3/c24-23(15-11-29-13-30-12-15,21(35)32-16-5-8-22(27,28)9-6-16)33(20(34)19(25)26)17-3-1-14(2-4-17)18-7-10-31-36-18/h1-4,7,10-13,16,19H,5-6,8-9,24H2,(H,32,35)/t19-,23-/m0/s1. The Bertz CT molecular complexity index is 1190. The average molecular weight is 520 g/mol. The van der Waals surface area contributed by atoms with Crippen LogP contribution in [0.4, 0.5) is 18.9 Å². The molecule has 2 heterocycles. The summed E-state index contributed by atoms with van der Waals surface area (Å²) in [7, 11) is 1.40. The fourth-order valence-corrected chi connectivity index (χ4v) is 4.36. The number of nitrogens with zero attached hydrogens (tertiary/aromatic N) is 4. The third kappa shape index (κ3) is 5.23. The second-order valence-corrected chi connectivity index (χ2v) is 9.08. The summed E-state index contributed by atoms with van der Waals surface area (Å²) < 4.78 is 46.7. The van der Waals surface area contributed by atoms with E-state index in [-0.39, 0.29) is 36.9 Å². The second kappa shape index (κ2) is 10.3. The van der Waals surface area contributed by atoms with E-state index >= 15 is 0 Å². The van der Waals surface area contributed by atoms with Crippen LogP contribution in [0.25, 0.3) is 11.3 Å². The summed E-state index contributed by atoms with van der Waals surface area (Å²) in [5, 5.41) is 6.42. The molecular weight excluding hydrogens is 498 g/mol. The number of hydrogen-bond donors (Lipinski definition) is 1. The van der Waals surface area contributed by atoms with Gasteiger partial charge in [-0.1, -0.05) is 16.8 Å². The molecule has 2 atom stereocenters. The van der Waals surface area contributed by atoms with Gasteiger partial charge in [0.05, 0.1) is 6.20 Å². The van der Waals surface area contributed by atoms with Gasteiger partial charge in [0.1, 0.15) is 11.8 Å². The number of aromatic nitrogens is 3. The number of rotatable bonds is 7. The quantitative estimate of drug-likeness (QED) is 0.380. The number of halogens is 4. The first-order chi connectivity index (χ1) is 17.1. The molecule has 0 radical (unpaired) electrons. The van der Waals surface area contributed by atoms with Crippen LogP contribution in [0.15, 0.2) is 59.8 Å². The maximum absolute atomic E-state index is 14.3. The molecule has 2 aromatic heterocycles. The number of nitrogens with one attached hydrogen (secondary N) is 1. The van der Waals surface area contributed by atoms with E-state index in [4.69, 9.17) is 16.1 Å². The predicted octanol–water partition coefficient (Wildman–Crippen LogP) is 3.18. The molecule has 0 spiro atoms. The molecule has 13 heteroatoms. The molecule has 36 heavy (non-hydrogen) atoms. The van der Waals surface area contributed by atoms with Crippen molar-refractivity contribution in [2.24, 2.45) is 0 Å². The molecule has 0 bridgehead atoms. The number of alkyl halides is 4. The molecule has 188 valence electrons. The first-order valence-corrected chi connectivity index (χ1v) is 11.6. The van der Waals surface area contributed by atoms with E-state index in [1.807, 2.05) is 0 Å². The monoisotopic (exact) mass is 519 g/mol. The van der Waals surface area contributed by atoms with E-state index < -0.39 is 34.8 Å². The Balaban J connectivity index is 1.75. The average Bonchev–Trinajstić information content (AvgIpc) is 3.41. The minimum absolute atomic E-state index is 0.0567. The molecule has 0 saturated heterocycles. The van der Waals surface area contributed by atoms with Gasteiger partial charge in [0.25, 0.3) is 11.5 Å². The Kier molecular flexibility index (Phi) is 7.34. The summed E-state index contributed by atoms with van der Waals surface area (Å²) in [5.74, 6) is -4.23. The van der Waals surface area contributed by atoms with Gasteiger partial charge >= 0.3 is 0 Å². The summed E-state index contributed by atoms with van der Waals surface area (Å²) in [6.07, 6.45) is 4.73. The highest BCUT2D eigenvalue weighted by molar-refractivity contribution is 6.37. The van der Waals surface area contributed by atoms with E-state index in [0.29, 0.717) is 11.3 Å². The molecule has 1 saturated carbocycles. The molecule has 0 aliphatic heterocycles. The largest absolute Gasteiger partial charge is 0.356 e. The topological polar surface area (TPSA) is 101 Å². The number of amides is 2. The molecule has 8 nitrogen and oxygen atoms in total. The molecule has 1 fully saturated rings. The molecule has 4 rings (SSSR count). The van der Waals surface area contributed by atoms with Crippen LogP contribution < -0.4 is 10.2 Å². The number of carbonyl (C=O) groups is 2. The molecule has 1 aromatic carbocycles. The fraction of sp³-hybridized carbons (Fsp3) is 0.348. The Morgan fingerprint density at radius 3 is 2.36 bits per heavy atom. The number of benzene rings is 1. The van der Waals surface area contributed by atoms with Gasteiger partial charge in [-0.15, -0.1) is 0 Å². The van der Waals surface area contributed by atoms with E-state index in [2.05, 4.69) is 20.4 Å². The smallest absolute Gasteiger partial charge is 0.277 e. The normalized spacial score (nSPS) is 18.1. The highest BCUT2D eigenvalue weighted by Gasteiger charge is 2.48. The summed E-state index contributed by atoms with van der Waals surface area (Å²) in [4.78, 5) is 35.7. The van der Waals surface area contributed by atoms with E-state index in [0.717, 1.165) is 4.90 Å². The highest BCUT2D eigenvalue weighted by Crippen LogP contribution is 2.36. The zero-order chi connectivity index (χ0) is 25.9. The Hall–Kier alpha value is -3.41. The van der Waals surface area contributed by atoms with Crippen LogP contribution in [0.3, 0.4) is 0 Å². The van der Waals surface area contributed by atoms with Crippen molar-refractivity contribution >= 4 is 36.9 Å². The first kappa shape index (κ1) is 25.7. The van der Waals surface area contributed by atoms with Crippen LogP contribution in [0, 0.1) is 0 Å². The molecule has 3 aromatic rings. The lowest BCUT2D eigenvalue weighted by Gasteiger charge is -2.42. The van der Waals surface area contributed by atoms with Gasteiger partial charge in [-0.05, 0) is 37.1 Å². The molecule has 0 unspecified atom stereocenters. The third-order valence-electron chi connectivity index (χ3n) is 6.32. The van der Waals surface area contributed by atoms with Gasteiger partial charge in [0.2, 0.25) is 11.8 Å². The molecule has 2 amide bonds. The summed E-state index contributed by atoms with van der Waals surface area (Å²) in [5.41, 5.74) is -3.38. The summed E-state index contributed by atoms with van der Waals surface area (Å²) in [6.45, 7) is 0. The van der Waals surface area contributed by atoms with Crippen LogP contribution in [-0.4, -0.2) is 52.4 Å². The van der Waals surface area contributed by atoms with Crippen LogP contribution in [0.2, 0.25) is 0 Å². The molecular formula is C23H22BClF3N5O3. The van der Waals surface area contributed by atoms with Crippen LogP contribution in [0.5, 0.6) is 0 Å². The van der Waals surface area contributed by atoms with Crippen molar-refractivity contribution in [3.05, 3.63) is 60.8 Å². The van der Waals surface area contributed by atoms with Crippen molar-refractivity contribution in [1.29, 1.82) is 0 Å². The third-order valence-corrected chi connectivity index (χ3v) is 6.51. The zero-order valence-electron chi connectivity index (χ0n) is 19.2. The number of carbonyl (C=O) groups excluding carboxylic acids is 2. The minimum Gasteiger partial charge on any atom is -0.356 e. The minimum atomic E-state index is -2.79. The van der Waals surface area contributed by atoms with Crippen molar-refractivity contribution in [2.75, 3.05) is 4.90 Å². The SMILES string of the molecule is B[C@@](C(=O)NC1CCC(F)(F)CC1)(c1cncnc1)N(C(=O)[C@H](F)Cl)c1ccc(-c2ccno2)cc1. The van der Waals surface area contributed by atoms with Gasteiger partial charge in [-0.25, -0.2) is 23.1 Å². The van der Waals surface area contributed by atoms with Gasteiger partial charge < -0.3 is 9.84 Å². The Morgan fingerprint density at radius 1 is 1.17 bits per heavy atom. The number of hydrogen-bond acceptors (Lipinski definition) is 6. The van der Waals surface area contributed by atoms with E-state index in [1.165, 1.54) is 44.9 Å². The van der Waals surface area contributed by atoms with Crippen molar-refractivity contribution in [3.63, 3.8) is 0 Å². The van der Waals surface area contributed by atoms with Crippen LogP contribution in [-0.2, 0) is 15.0 Å². The van der Waals surface area contributed by atoms with Crippen molar-refractivity contribution in [2.45, 2.75) is 48.7 Å². The molecule has 1 N–H and O–H groups in total. The summed E-state index contributed by atoms with van der Waals surface area (Å²) in [6, 6.07) is 7.32. The lowest BCUT2D eigenvalue weighted by atomic mass is 9.69. The highest BCUT2D eigenvalue weighted by atomic mass is 35.5. The fourth-order valence-electron chi connectivity index (χ4n) is 4.27. The Labute approximate surface area is 210 Å². The second-order valence-electron chi connectivity index (χ2n) is 8.70. The maximum Gasteiger partial charge on any atom is 0.277 e. The predicted molar refractivity (Wildman–Crippen MR) is 128 cm³/mol. The van der Waals surface area contributed by atoms with Crippen LogP contribution in [0.1, 0.15) is 31.2 Å². The van der Waals surface area contributed by atoms with Gasteiger partial charge in [-0.3, -0.25) is 14.5 Å². The van der Waals surface area contributed by atoms with Gasteiger partial charge in [-0.2, -0.15) is 0 Å². The van der Waals surface area contributed by atoms with Crippen LogP contribution >= 0.6 is 11.6 Å². The number of anilines is 1. The maximum atomic E-state index is 14.3. The lowest BCUT2D eigenvalue weighted by Crippen LogP contribution is -2.62. The van der Waals surface area contributed by atoms with Crippen molar-refractivity contribution in [3.8, 4) is 11.3 Å². The lowest BCUT2D eigenvalue weighted by molar-refractivity contribution is -0.130. The molecule has 1 aliphatic carbocycles. The van der Waals surface area contributed by atoms with Crippen molar-refractivity contribution < 1.29 is 27.3 Å². The first-order valence-electron chi connectivity index (χ1n) is 11.2. The van der Waals surface area contributed by atoms with Gasteiger partial charge in [0.15, 0.2) is 13.6 Å². The van der Waals surface area contributed by atoms with Gasteiger partial charge in [0, 0.05) is 54.2 Å². The van der Waals surface area contributed by atoms with Crippen molar-refractivity contribution in [1.82, 2.24) is 20.4 Å². The summed E-state index contributed by atoms with van der Waals surface area (Å²) >= 11 is 5.58. The molecule has 1 aliphatic rings. The van der Waals surface area contributed by atoms with E-state index in [1.54, 1.807) is 18.2 Å². The van der Waals surface area contributed by atoms with E-state index in [9.17, 15) is 22.8 Å².